The molecule has 152 valence electrons. The number of hydrogen-bond acceptors (Lipinski definition) is 6. The Morgan fingerprint density at radius 3 is 2.47 bits per heavy atom. The summed E-state index contributed by atoms with van der Waals surface area (Å²) in [7, 11) is 9.65. The SMILES string of the molecule is CCc1nc2c(c3c1C(=O)C(c1cccc(SCl)c1)=CC3=O)c(=O)n(C)c(=O)n2C. The molecule has 1 aromatic carbocycles. The molecule has 7 nitrogen and oxygen atoms in total. The van der Waals surface area contributed by atoms with Gasteiger partial charge in [-0.25, -0.2) is 9.78 Å². The minimum Gasteiger partial charge on any atom is -0.289 e. The highest BCUT2D eigenvalue weighted by Crippen LogP contribution is 2.34. The van der Waals surface area contributed by atoms with Gasteiger partial charge in [0.05, 0.1) is 22.2 Å². The summed E-state index contributed by atoms with van der Waals surface area (Å²) in [6, 6.07) is 6.99. The van der Waals surface area contributed by atoms with Crippen molar-refractivity contribution in [3.05, 3.63) is 73.6 Å². The first-order valence-electron chi connectivity index (χ1n) is 9.12. The van der Waals surface area contributed by atoms with Crippen LogP contribution in [0.5, 0.6) is 0 Å². The number of aromatic nitrogens is 3. The monoisotopic (exact) mass is 441 g/mol. The van der Waals surface area contributed by atoms with E-state index in [9.17, 15) is 19.2 Å². The molecule has 9 heteroatoms. The molecule has 4 rings (SSSR count). The van der Waals surface area contributed by atoms with Crippen LogP contribution in [0.25, 0.3) is 16.6 Å². The second-order valence-electron chi connectivity index (χ2n) is 6.92. The Balaban J connectivity index is 2.10. The molecule has 1 aliphatic carbocycles. The van der Waals surface area contributed by atoms with Gasteiger partial charge in [0.15, 0.2) is 11.6 Å². The van der Waals surface area contributed by atoms with Gasteiger partial charge in [-0.1, -0.05) is 19.1 Å². The second-order valence-corrected chi connectivity index (χ2v) is 8.01. The van der Waals surface area contributed by atoms with Crippen molar-refractivity contribution in [3.8, 4) is 0 Å². The standard InChI is InChI=1S/C21H16ClN3O4S/c1-4-13-15-16(17-19(23-13)24(2)21(29)25(3)20(17)28)14(26)9-12(18(15)27)10-6-5-7-11(8-10)30-22/h5-9H,4H2,1-3H3. The van der Waals surface area contributed by atoms with E-state index in [0.29, 0.717) is 17.7 Å². The molecule has 2 heterocycles. The lowest BCUT2D eigenvalue weighted by Gasteiger charge is -2.20. The maximum absolute atomic E-state index is 13.5. The molecule has 0 spiro atoms. The van der Waals surface area contributed by atoms with E-state index >= 15 is 0 Å². The number of carbonyl (C=O) groups excluding carboxylic acids is 2. The number of aryl methyl sites for hydroxylation is 2. The van der Waals surface area contributed by atoms with Crippen LogP contribution in [0.2, 0.25) is 0 Å². The van der Waals surface area contributed by atoms with Crippen molar-refractivity contribution in [2.45, 2.75) is 18.2 Å². The van der Waals surface area contributed by atoms with Crippen molar-refractivity contribution in [1.82, 2.24) is 14.1 Å². The summed E-state index contributed by atoms with van der Waals surface area (Å²) in [5.41, 5.74) is 0.153. The van der Waals surface area contributed by atoms with Crippen LogP contribution in [0.1, 0.15) is 38.9 Å². The number of fused-ring (bicyclic) bond motifs is 3. The van der Waals surface area contributed by atoms with E-state index < -0.39 is 17.0 Å². The van der Waals surface area contributed by atoms with Crippen molar-refractivity contribution in [1.29, 1.82) is 0 Å². The number of hydrogen-bond donors (Lipinski definition) is 0. The molecule has 1 aliphatic rings. The average molecular weight is 442 g/mol. The van der Waals surface area contributed by atoms with Crippen molar-refractivity contribution in [2.24, 2.45) is 14.1 Å². The summed E-state index contributed by atoms with van der Waals surface area (Å²) in [6.07, 6.45) is 1.59. The fourth-order valence-electron chi connectivity index (χ4n) is 3.71. The lowest BCUT2D eigenvalue weighted by atomic mass is 9.83. The largest absolute Gasteiger partial charge is 0.332 e. The maximum Gasteiger partial charge on any atom is 0.332 e. The molecule has 0 N–H and O–H groups in total. The van der Waals surface area contributed by atoms with E-state index in [1.54, 1.807) is 31.2 Å². The number of allylic oxidation sites excluding steroid dienone is 2. The summed E-state index contributed by atoms with van der Waals surface area (Å²) in [4.78, 5) is 57.0. The number of nitrogens with zero attached hydrogens (tertiary/aromatic N) is 3. The van der Waals surface area contributed by atoms with Crippen LogP contribution in [-0.2, 0) is 20.5 Å². The van der Waals surface area contributed by atoms with Crippen molar-refractivity contribution in [2.75, 3.05) is 0 Å². The zero-order valence-corrected chi connectivity index (χ0v) is 17.9. The van der Waals surface area contributed by atoms with E-state index in [-0.39, 0.29) is 33.5 Å². The topological polar surface area (TPSA) is 91.0 Å². The third kappa shape index (κ3) is 2.86. The third-order valence-electron chi connectivity index (χ3n) is 5.23. The highest BCUT2D eigenvalue weighted by molar-refractivity contribution is 8.21. The second kappa shape index (κ2) is 7.37. The summed E-state index contributed by atoms with van der Waals surface area (Å²) < 4.78 is 2.13. The molecular weight excluding hydrogens is 426 g/mol. The first kappa shape index (κ1) is 20.3. The zero-order valence-electron chi connectivity index (χ0n) is 16.4. The van der Waals surface area contributed by atoms with Crippen LogP contribution in [0.4, 0.5) is 0 Å². The van der Waals surface area contributed by atoms with E-state index in [1.807, 2.05) is 0 Å². The average Bonchev–Trinajstić information content (AvgIpc) is 2.77. The van der Waals surface area contributed by atoms with E-state index in [1.165, 1.54) is 24.7 Å². The number of rotatable bonds is 3. The summed E-state index contributed by atoms with van der Waals surface area (Å²) >= 11 is 0. The molecule has 0 saturated carbocycles. The summed E-state index contributed by atoms with van der Waals surface area (Å²) in [5, 5.41) is -0.0227. The van der Waals surface area contributed by atoms with Gasteiger partial charge in [-0.05, 0) is 51.9 Å². The fraction of sp³-hybridized carbons (Fsp3) is 0.190. The fourth-order valence-corrected chi connectivity index (χ4v) is 4.30. The van der Waals surface area contributed by atoms with Crippen LogP contribution in [-0.4, -0.2) is 25.7 Å². The normalized spacial score (nSPS) is 13.5. The Morgan fingerprint density at radius 2 is 1.80 bits per heavy atom. The molecular formula is C21H16ClN3O4S. The number of ketones is 2. The van der Waals surface area contributed by atoms with Crippen LogP contribution < -0.4 is 11.2 Å². The minimum absolute atomic E-state index is 0.00433. The third-order valence-corrected chi connectivity index (χ3v) is 6.19. The number of pyridine rings is 1. The molecule has 0 unspecified atom stereocenters. The predicted octanol–water partition coefficient (Wildman–Crippen LogP) is 2.90. The van der Waals surface area contributed by atoms with Gasteiger partial charge in [-0.3, -0.25) is 23.5 Å². The van der Waals surface area contributed by atoms with Gasteiger partial charge in [0.25, 0.3) is 5.56 Å². The number of benzene rings is 1. The Morgan fingerprint density at radius 1 is 1.07 bits per heavy atom. The van der Waals surface area contributed by atoms with Gasteiger partial charge < -0.3 is 0 Å². The summed E-state index contributed by atoms with van der Waals surface area (Å²) in [5.74, 6) is -0.857. The Kier molecular flexibility index (Phi) is 4.99. The van der Waals surface area contributed by atoms with Gasteiger partial charge >= 0.3 is 5.69 Å². The molecule has 30 heavy (non-hydrogen) atoms. The Hall–Kier alpha value is -2.97. The highest BCUT2D eigenvalue weighted by Gasteiger charge is 2.33. The van der Waals surface area contributed by atoms with E-state index in [4.69, 9.17) is 10.7 Å². The van der Waals surface area contributed by atoms with Crippen molar-refractivity contribution >= 4 is 49.8 Å². The van der Waals surface area contributed by atoms with Crippen LogP contribution in [0.15, 0.2) is 44.8 Å². The lowest BCUT2D eigenvalue weighted by Crippen LogP contribution is -2.39. The zero-order chi connectivity index (χ0) is 21.7. The van der Waals surface area contributed by atoms with Gasteiger partial charge in [0.1, 0.15) is 5.65 Å². The minimum atomic E-state index is -0.655. The predicted molar refractivity (Wildman–Crippen MR) is 116 cm³/mol. The smallest absolute Gasteiger partial charge is 0.289 e. The number of Topliss-reactive ketones (excluding diaryl/α,β-unsaturated/α-hetero) is 1. The quantitative estimate of drug-likeness (QED) is 0.620. The van der Waals surface area contributed by atoms with Gasteiger partial charge in [0, 0.05) is 24.6 Å². The van der Waals surface area contributed by atoms with E-state index in [0.717, 1.165) is 20.4 Å². The molecule has 3 aromatic rings. The molecule has 0 amide bonds. The van der Waals surface area contributed by atoms with Crippen LogP contribution >= 0.6 is 21.7 Å². The Labute approximate surface area is 179 Å². The first-order valence-corrected chi connectivity index (χ1v) is 10.8. The molecule has 0 bridgehead atoms. The number of carbonyl (C=O) groups is 2. The van der Waals surface area contributed by atoms with Crippen molar-refractivity contribution in [3.63, 3.8) is 0 Å². The molecule has 0 fully saturated rings. The van der Waals surface area contributed by atoms with Gasteiger partial charge in [0.2, 0.25) is 0 Å². The van der Waals surface area contributed by atoms with Crippen LogP contribution in [0, 0.1) is 0 Å². The summed E-state index contributed by atoms with van der Waals surface area (Å²) in [6.45, 7) is 1.80. The van der Waals surface area contributed by atoms with Gasteiger partial charge in [-0.2, -0.15) is 0 Å². The first-order chi connectivity index (χ1) is 14.3. The molecule has 0 atom stereocenters. The highest BCUT2D eigenvalue weighted by atomic mass is 35.7. The van der Waals surface area contributed by atoms with Crippen LogP contribution in [0.3, 0.4) is 0 Å². The van der Waals surface area contributed by atoms with Crippen molar-refractivity contribution < 1.29 is 9.59 Å². The molecule has 0 aliphatic heterocycles. The Bertz CT molecular complexity index is 1420. The maximum atomic E-state index is 13.5. The van der Waals surface area contributed by atoms with Gasteiger partial charge in [-0.15, -0.1) is 0 Å². The number of halogens is 1. The lowest BCUT2D eigenvalue weighted by molar-refractivity contribution is 0.100. The molecule has 2 aromatic heterocycles. The molecule has 0 saturated heterocycles. The van der Waals surface area contributed by atoms with E-state index in [2.05, 4.69) is 4.98 Å². The molecule has 0 radical (unpaired) electrons.